The molecule has 0 saturated carbocycles. The highest BCUT2D eigenvalue weighted by Crippen LogP contribution is 2.22. The molecular weight excluding hydrogens is 350 g/mol. The van der Waals surface area contributed by atoms with E-state index in [2.05, 4.69) is 43.0 Å². The summed E-state index contributed by atoms with van der Waals surface area (Å²) in [5, 5.41) is 10.9. The van der Waals surface area contributed by atoms with Crippen LogP contribution in [0.15, 0.2) is 60.7 Å². The molecular formula is C24H33NO3. The van der Waals surface area contributed by atoms with E-state index in [1.54, 1.807) is 6.92 Å². The largest absolute Gasteiger partial charge is 0.466 e. The molecule has 0 amide bonds. The van der Waals surface area contributed by atoms with Gasteiger partial charge < -0.3 is 9.84 Å². The number of rotatable bonds is 11. The highest BCUT2D eigenvalue weighted by molar-refractivity contribution is 5.70. The Morgan fingerprint density at radius 1 is 0.964 bits per heavy atom. The molecule has 1 N–H and O–H groups in total. The lowest BCUT2D eigenvalue weighted by molar-refractivity contribution is -0.146. The van der Waals surface area contributed by atoms with Crippen LogP contribution in [0.4, 0.5) is 0 Å². The van der Waals surface area contributed by atoms with Crippen LogP contribution in [-0.2, 0) is 22.6 Å². The molecule has 2 atom stereocenters. The van der Waals surface area contributed by atoms with E-state index in [1.165, 1.54) is 11.1 Å². The van der Waals surface area contributed by atoms with E-state index in [4.69, 9.17) is 4.74 Å². The zero-order valence-corrected chi connectivity index (χ0v) is 17.3. The van der Waals surface area contributed by atoms with Crippen molar-refractivity contribution in [3.63, 3.8) is 0 Å². The smallest absolute Gasteiger partial charge is 0.308 e. The van der Waals surface area contributed by atoms with E-state index >= 15 is 0 Å². The van der Waals surface area contributed by atoms with Gasteiger partial charge in [0.15, 0.2) is 0 Å². The molecule has 152 valence electrons. The fourth-order valence-electron chi connectivity index (χ4n) is 3.49. The number of carbonyl (C=O) groups excluding carboxylic acids is 1. The summed E-state index contributed by atoms with van der Waals surface area (Å²) in [6.45, 7) is 7.84. The number of aliphatic hydroxyl groups excluding tert-OH is 1. The number of hydrogen-bond donors (Lipinski definition) is 1. The molecule has 0 saturated heterocycles. The maximum atomic E-state index is 12.0. The summed E-state index contributed by atoms with van der Waals surface area (Å²) in [5.74, 6) is 0.0546. The molecule has 28 heavy (non-hydrogen) atoms. The van der Waals surface area contributed by atoms with Gasteiger partial charge in [-0.15, -0.1) is 0 Å². The Morgan fingerprint density at radius 2 is 1.46 bits per heavy atom. The molecule has 4 heteroatoms. The molecule has 0 aliphatic heterocycles. The van der Waals surface area contributed by atoms with Gasteiger partial charge in [0.1, 0.15) is 0 Å². The second kappa shape index (κ2) is 11.6. The minimum Gasteiger partial charge on any atom is -0.466 e. The number of carbonyl (C=O) groups is 1. The number of aliphatic hydroxyl groups is 1. The summed E-state index contributed by atoms with van der Waals surface area (Å²) in [6, 6.07) is 20.4. The number of esters is 1. The van der Waals surface area contributed by atoms with E-state index < -0.39 is 6.10 Å². The summed E-state index contributed by atoms with van der Waals surface area (Å²) >= 11 is 0. The molecule has 0 radical (unpaired) electrons. The lowest BCUT2D eigenvalue weighted by atomic mass is 9.94. The zero-order valence-electron chi connectivity index (χ0n) is 17.3. The minimum atomic E-state index is -0.770. The topological polar surface area (TPSA) is 49.8 Å². The Morgan fingerprint density at radius 3 is 1.89 bits per heavy atom. The molecule has 0 unspecified atom stereocenters. The summed E-state index contributed by atoms with van der Waals surface area (Å²) in [7, 11) is 0. The second-order valence-corrected chi connectivity index (χ2v) is 7.65. The number of benzene rings is 2. The highest BCUT2D eigenvalue weighted by Gasteiger charge is 2.29. The predicted molar refractivity (Wildman–Crippen MR) is 113 cm³/mol. The fourth-order valence-corrected chi connectivity index (χ4v) is 3.49. The van der Waals surface area contributed by atoms with Crippen LogP contribution in [0.2, 0.25) is 0 Å². The molecule has 2 rings (SSSR count). The second-order valence-electron chi connectivity index (χ2n) is 7.65. The van der Waals surface area contributed by atoms with Gasteiger partial charge >= 0.3 is 5.97 Å². The molecule has 0 aliphatic rings. The van der Waals surface area contributed by atoms with Crippen molar-refractivity contribution in [2.24, 2.45) is 5.92 Å². The Kier molecular flexibility index (Phi) is 9.18. The van der Waals surface area contributed by atoms with Crippen molar-refractivity contribution in [1.82, 2.24) is 4.90 Å². The molecule has 0 aromatic heterocycles. The van der Waals surface area contributed by atoms with E-state index in [0.29, 0.717) is 25.6 Å². The predicted octanol–water partition coefficient (Wildman–Crippen LogP) is 4.42. The SMILES string of the molecule is CCOC(=O)C[C@H](O)[C@H](CC(C)C)N(Cc1ccccc1)Cc1ccccc1. The third-order valence-corrected chi connectivity index (χ3v) is 4.76. The van der Waals surface area contributed by atoms with Crippen LogP contribution in [0.25, 0.3) is 0 Å². The van der Waals surface area contributed by atoms with Gasteiger partial charge in [0.05, 0.1) is 19.1 Å². The van der Waals surface area contributed by atoms with Crippen LogP contribution in [-0.4, -0.2) is 34.7 Å². The number of ether oxygens (including phenoxy) is 1. The quantitative estimate of drug-likeness (QED) is 0.584. The molecule has 0 heterocycles. The molecule has 4 nitrogen and oxygen atoms in total. The van der Waals surface area contributed by atoms with E-state index in [9.17, 15) is 9.90 Å². The first-order valence-electron chi connectivity index (χ1n) is 10.1. The van der Waals surface area contributed by atoms with Gasteiger partial charge in [0.25, 0.3) is 0 Å². The van der Waals surface area contributed by atoms with Crippen molar-refractivity contribution in [3.8, 4) is 0 Å². The van der Waals surface area contributed by atoms with Gasteiger partial charge in [-0.3, -0.25) is 9.69 Å². The van der Waals surface area contributed by atoms with Crippen molar-refractivity contribution in [1.29, 1.82) is 0 Å². The first kappa shape index (κ1) is 22.1. The normalized spacial score (nSPS) is 13.5. The minimum absolute atomic E-state index is 0.0192. The zero-order chi connectivity index (χ0) is 20.4. The fraction of sp³-hybridized carbons (Fsp3) is 0.458. The van der Waals surface area contributed by atoms with Crippen molar-refractivity contribution in [2.45, 2.75) is 58.8 Å². The van der Waals surface area contributed by atoms with Crippen molar-refractivity contribution >= 4 is 5.97 Å². The molecule has 0 aliphatic carbocycles. The van der Waals surface area contributed by atoms with Crippen molar-refractivity contribution < 1.29 is 14.6 Å². The molecule has 0 spiro atoms. The first-order valence-corrected chi connectivity index (χ1v) is 10.1. The third-order valence-electron chi connectivity index (χ3n) is 4.76. The Labute approximate surface area is 169 Å². The van der Waals surface area contributed by atoms with Crippen LogP contribution in [0.1, 0.15) is 44.7 Å². The Balaban J connectivity index is 2.25. The maximum Gasteiger partial charge on any atom is 0.308 e. The van der Waals surface area contributed by atoms with Crippen LogP contribution in [0.3, 0.4) is 0 Å². The van der Waals surface area contributed by atoms with Crippen LogP contribution < -0.4 is 0 Å². The van der Waals surface area contributed by atoms with E-state index in [1.807, 2.05) is 36.4 Å². The maximum absolute atomic E-state index is 12.0. The lowest BCUT2D eigenvalue weighted by Crippen LogP contribution is -2.44. The summed E-state index contributed by atoms with van der Waals surface area (Å²) in [6.07, 6.45) is 0.0554. The standard InChI is InChI=1S/C24H33NO3/c1-4-28-24(27)16-23(26)22(15-19(2)3)25(17-20-11-7-5-8-12-20)18-21-13-9-6-10-14-21/h5-14,19,22-23,26H,4,15-18H2,1-3H3/t22-,23-/m0/s1. The molecule has 2 aromatic rings. The number of hydrogen-bond acceptors (Lipinski definition) is 4. The Hall–Kier alpha value is -2.17. The molecule has 0 bridgehead atoms. The monoisotopic (exact) mass is 383 g/mol. The van der Waals surface area contributed by atoms with Crippen LogP contribution in [0.5, 0.6) is 0 Å². The van der Waals surface area contributed by atoms with Crippen molar-refractivity contribution in [3.05, 3.63) is 71.8 Å². The highest BCUT2D eigenvalue weighted by atomic mass is 16.5. The average Bonchev–Trinajstić information content (AvgIpc) is 2.67. The van der Waals surface area contributed by atoms with Crippen LogP contribution in [0, 0.1) is 5.92 Å². The van der Waals surface area contributed by atoms with Gasteiger partial charge in [-0.25, -0.2) is 0 Å². The van der Waals surface area contributed by atoms with E-state index in [-0.39, 0.29) is 18.4 Å². The van der Waals surface area contributed by atoms with Gasteiger partial charge in [0.2, 0.25) is 0 Å². The lowest BCUT2D eigenvalue weighted by Gasteiger charge is -2.36. The first-order chi connectivity index (χ1) is 13.5. The number of nitrogens with zero attached hydrogens (tertiary/aromatic N) is 1. The summed E-state index contributed by atoms with van der Waals surface area (Å²) < 4.78 is 5.07. The van der Waals surface area contributed by atoms with Gasteiger partial charge in [0, 0.05) is 19.1 Å². The van der Waals surface area contributed by atoms with Crippen LogP contribution >= 0.6 is 0 Å². The summed E-state index contributed by atoms with van der Waals surface area (Å²) in [5.41, 5.74) is 2.38. The van der Waals surface area contributed by atoms with E-state index in [0.717, 1.165) is 6.42 Å². The van der Waals surface area contributed by atoms with Gasteiger partial charge in [-0.2, -0.15) is 0 Å². The van der Waals surface area contributed by atoms with Gasteiger partial charge in [-0.1, -0.05) is 74.5 Å². The molecule has 0 fully saturated rings. The average molecular weight is 384 g/mol. The molecule has 2 aromatic carbocycles. The third kappa shape index (κ3) is 7.45. The Bertz CT molecular complexity index is 646. The van der Waals surface area contributed by atoms with Crippen molar-refractivity contribution in [2.75, 3.05) is 6.61 Å². The van der Waals surface area contributed by atoms with Gasteiger partial charge in [-0.05, 0) is 30.4 Å². The summed E-state index contributed by atoms with van der Waals surface area (Å²) in [4.78, 5) is 14.3.